The van der Waals surface area contributed by atoms with Gasteiger partial charge in [-0.25, -0.2) is 4.79 Å². The Labute approximate surface area is 163 Å². The largest absolute Gasteiger partial charge is 0.481 e. The van der Waals surface area contributed by atoms with Gasteiger partial charge >= 0.3 is 12.1 Å². The number of likely N-dealkylation sites (tertiary alicyclic amines) is 1. The summed E-state index contributed by atoms with van der Waals surface area (Å²) in [6, 6.07) is 7.89. The van der Waals surface area contributed by atoms with E-state index in [1.807, 2.05) is 18.2 Å². The summed E-state index contributed by atoms with van der Waals surface area (Å²) in [5, 5.41) is 13.7. The highest BCUT2D eigenvalue weighted by molar-refractivity contribution is 5.92. The maximum absolute atomic E-state index is 12.5. The zero-order chi connectivity index (χ0) is 20.4. The molecule has 1 fully saturated rings. The number of carboxylic acid groups (broad SMARTS) is 1. The summed E-state index contributed by atoms with van der Waals surface area (Å²) >= 11 is 0. The summed E-state index contributed by atoms with van der Waals surface area (Å²) < 4.78 is 4.99. The average molecular weight is 391 g/mol. The fourth-order valence-corrected chi connectivity index (χ4v) is 2.88. The maximum atomic E-state index is 12.5. The number of carbonyl (C=O) groups is 4. The smallest absolute Gasteiger partial charge is 0.407 e. The second-order valence-electron chi connectivity index (χ2n) is 6.52. The van der Waals surface area contributed by atoms with Crippen molar-refractivity contribution in [3.63, 3.8) is 0 Å². The number of alkyl carbamates (subject to hydrolysis) is 1. The standard InChI is InChI=1S/C19H25N3O6/c23-16(12-20-19(27)28-13-14-7-3-1-4-8-14)21-15(11-17(24)25)18(26)22-9-5-2-6-10-22/h1,3-4,7-8,15H,2,5-6,9-13H2,(H,20,27)(H,21,23)(H,24,25). The molecule has 9 heteroatoms. The number of benzene rings is 1. The molecule has 3 N–H and O–H groups in total. The number of nitrogens with zero attached hydrogens (tertiary/aromatic N) is 1. The van der Waals surface area contributed by atoms with Crippen molar-refractivity contribution in [2.24, 2.45) is 0 Å². The Morgan fingerprint density at radius 1 is 1.07 bits per heavy atom. The van der Waals surface area contributed by atoms with E-state index < -0.39 is 42.9 Å². The van der Waals surface area contributed by atoms with Gasteiger partial charge in [0.15, 0.2) is 0 Å². The van der Waals surface area contributed by atoms with Crippen molar-refractivity contribution in [3.05, 3.63) is 35.9 Å². The van der Waals surface area contributed by atoms with Crippen LogP contribution in [0.15, 0.2) is 30.3 Å². The molecule has 1 saturated heterocycles. The molecule has 152 valence electrons. The van der Waals surface area contributed by atoms with Crippen LogP contribution in [-0.4, -0.2) is 59.6 Å². The van der Waals surface area contributed by atoms with Gasteiger partial charge < -0.3 is 25.4 Å². The predicted octanol–water partition coefficient (Wildman–Crippen LogP) is 0.885. The highest BCUT2D eigenvalue weighted by atomic mass is 16.5. The molecular weight excluding hydrogens is 366 g/mol. The normalized spacial score (nSPS) is 14.6. The molecule has 28 heavy (non-hydrogen) atoms. The van der Waals surface area contributed by atoms with Gasteiger partial charge in [-0.15, -0.1) is 0 Å². The summed E-state index contributed by atoms with van der Waals surface area (Å²) in [5.74, 6) is -2.26. The number of nitrogens with one attached hydrogen (secondary N) is 2. The fraction of sp³-hybridized carbons (Fsp3) is 0.474. The van der Waals surface area contributed by atoms with Crippen LogP contribution in [0, 0.1) is 0 Å². The lowest BCUT2D eigenvalue weighted by atomic mass is 10.1. The van der Waals surface area contributed by atoms with Crippen molar-refractivity contribution in [1.82, 2.24) is 15.5 Å². The van der Waals surface area contributed by atoms with E-state index >= 15 is 0 Å². The fourth-order valence-electron chi connectivity index (χ4n) is 2.88. The summed E-state index contributed by atoms with van der Waals surface area (Å²) in [5.41, 5.74) is 0.802. The molecule has 0 radical (unpaired) electrons. The Kier molecular flexibility index (Phi) is 8.26. The summed E-state index contributed by atoms with van der Waals surface area (Å²) in [6.45, 7) is 0.740. The van der Waals surface area contributed by atoms with Gasteiger partial charge in [-0.2, -0.15) is 0 Å². The van der Waals surface area contributed by atoms with E-state index in [0.29, 0.717) is 13.1 Å². The number of carbonyl (C=O) groups excluding carboxylic acids is 3. The first-order valence-corrected chi connectivity index (χ1v) is 9.20. The monoisotopic (exact) mass is 391 g/mol. The van der Waals surface area contributed by atoms with E-state index in [2.05, 4.69) is 10.6 Å². The zero-order valence-corrected chi connectivity index (χ0v) is 15.6. The maximum Gasteiger partial charge on any atom is 0.407 e. The summed E-state index contributed by atoms with van der Waals surface area (Å²) in [7, 11) is 0. The molecule has 0 bridgehead atoms. The number of amides is 3. The first-order chi connectivity index (χ1) is 13.5. The van der Waals surface area contributed by atoms with Gasteiger partial charge in [-0.3, -0.25) is 14.4 Å². The Balaban J connectivity index is 1.79. The van der Waals surface area contributed by atoms with Gasteiger partial charge in [0.1, 0.15) is 19.2 Å². The molecule has 2 rings (SSSR count). The Morgan fingerprint density at radius 3 is 2.39 bits per heavy atom. The van der Waals surface area contributed by atoms with E-state index in [1.165, 1.54) is 0 Å². The third kappa shape index (κ3) is 7.26. The van der Waals surface area contributed by atoms with Crippen molar-refractivity contribution in [2.75, 3.05) is 19.6 Å². The summed E-state index contributed by atoms with van der Waals surface area (Å²) in [6.07, 6.45) is 1.44. The molecule has 1 aliphatic rings. The van der Waals surface area contributed by atoms with Crippen LogP contribution in [0.5, 0.6) is 0 Å². The van der Waals surface area contributed by atoms with E-state index in [1.54, 1.807) is 17.0 Å². The van der Waals surface area contributed by atoms with E-state index in [9.17, 15) is 19.2 Å². The van der Waals surface area contributed by atoms with Crippen molar-refractivity contribution in [3.8, 4) is 0 Å². The average Bonchev–Trinajstić information content (AvgIpc) is 2.70. The Bertz CT molecular complexity index is 688. The van der Waals surface area contributed by atoms with Gasteiger partial charge in [-0.1, -0.05) is 30.3 Å². The quantitative estimate of drug-likeness (QED) is 0.604. The van der Waals surface area contributed by atoms with Crippen LogP contribution in [0.1, 0.15) is 31.2 Å². The molecule has 1 heterocycles. The van der Waals surface area contributed by atoms with Crippen LogP contribution >= 0.6 is 0 Å². The summed E-state index contributed by atoms with van der Waals surface area (Å²) in [4.78, 5) is 48.9. The second-order valence-corrected chi connectivity index (χ2v) is 6.52. The highest BCUT2D eigenvalue weighted by Gasteiger charge is 2.29. The van der Waals surface area contributed by atoms with Gasteiger partial charge in [0.2, 0.25) is 11.8 Å². The number of piperidine rings is 1. The molecular formula is C19H25N3O6. The second kappa shape index (κ2) is 10.9. The lowest BCUT2D eigenvalue weighted by Gasteiger charge is -2.30. The Hall–Kier alpha value is -3.10. The van der Waals surface area contributed by atoms with E-state index in [4.69, 9.17) is 9.84 Å². The molecule has 1 unspecified atom stereocenters. The zero-order valence-electron chi connectivity index (χ0n) is 15.6. The number of rotatable bonds is 8. The van der Waals surface area contributed by atoms with Crippen LogP contribution in [0.4, 0.5) is 4.79 Å². The third-order valence-corrected chi connectivity index (χ3v) is 4.29. The molecule has 9 nitrogen and oxygen atoms in total. The molecule has 1 aliphatic heterocycles. The number of ether oxygens (including phenoxy) is 1. The molecule has 0 aliphatic carbocycles. The molecule has 1 aromatic carbocycles. The molecule has 0 spiro atoms. The van der Waals surface area contributed by atoms with Crippen molar-refractivity contribution < 1.29 is 29.0 Å². The molecule has 1 aromatic rings. The predicted molar refractivity (Wildman–Crippen MR) is 99.2 cm³/mol. The van der Waals surface area contributed by atoms with Crippen molar-refractivity contribution in [1.29, 1.82) is 0 Å². The lowest BCUT2D eigenvalue weighted by molar-refractivity contribution is -0.144. The van der Waals surface area contributed by atoms with Gasteiger partial charge in [-0.05, 0) is 24.8 Å². The highest BCUT2D eigenvalue weighted by Crippen LogP contribution is 2.11. The number of aliphatic carboxylic acids is 1. The van der Waals surface area contributed by atoms with Crippen LogP contribution < -0.4 is 10.6 Å². The molecule has 1 atom stereocenters. The number of hydrogen-bond donors (Lipinski definition) is 3. The van der Waals surface area contributed by atoms with Crippen LogP contribution in [-0.2, 0) is 25.7 Å². The van der Waals surface area contributed by atoms with Crippen molar-refractivity contribution >= 4 is 23.9 Å². The topological polar surface area (TPSA) is 125 Å². The van der Waals surface area contributed by atoms with Gasteiger partial charge in [0.25, 0.3) is 0 Å². The molecule has 0 aromatic heterocycles. The van der Waals surface area contributed by atoms with E-state index in [0.717, 1.165) is 24.8 Å². The molecule has 3 amide bonds. The van der Waals surface area contributed by atoms with E-state index in [-0.39, 0.29) is 6.61 Å². The van der Waals surface area contributed by atoms with Gasteiger partial charge in [0, 0.05) is 13.1 Å². The van der Waals surface area contributed by atoms with Crippen molar-refractivity contribution in [2.45, 2.75) is 38.3 Å². The van der Waals surface area contributed by atoms with Crippen LogP contribution in [0.25, 0.3) is 0 Å². The van der Waals surface area contributed by atoms with Crippen LogP contribution in [0.3, 0.4) is 0 Å². The minimum Gasteiger partial charge on any atom is -0.481 e. The minimum absolute atomic E-state index is 0.0589. The number of hydrogen-bond acceptors (Lipinski definition) is 5. The molecule has 0 saturated carbocycles. The number of carboxylic acids is 1. The third-order valence-electron chi connectivity index (χ3n) is 4.29. The minimum atomic E-state index is -1.19. The van der Waals surface area contributed by atoms with Crippen LogP contribution in [0.2, 0.25) is 0 Å². The van der Waals surface area contributed by atoms with Gasteiger partial charge in [0.05, 0.1) is 6.42 Å². The first kappa shape index (κ1) is 21.2. The first-order valence-electron chi connectivity index (χ1n) is 9.20. The Morgan fingerprint density at radius 2 is 1.75 bits per heavy atom. The lowest BCUT2D eigenvalue weighted by Crippen LogP contribution is -2.52. The SMILES string of the molecule is O=C(O)CC(NC(=O)CNC(=O)OCc1ccccc1)C(=O)N1CCCCC1.